The lowest BCUT2D eigenvalue weighted by atomic mass is 9.80. The second-order valence-electron chi connectivity index (χ2n) is 10.5. The Kier molecular flexibility index (Phi) is 5.47. The summed E-state index contributed by atoms with van der Waals surface area (Å²) in [6, 6.07) is 18.1. The molecule has 0 spiro atoms. The monoisotopic (exact) mass is 464 g/mol. The molecule has 4 aliphatic rings. The zero-order chi connectivity index (χ0) is 23.9. The lowest BCUT2D eigenvalue weighted by Crippen LogP contribution is -2.34. The number of rotatable bonds is 3. The number of benzene rings is 3. The van der Waals surface area contributed by atoms with Gasteiger partial charge in [-0.25, -0.2) is 0 Å². The average Bonchev–Trinajstić information content (AvgIpc) is 2.96. The van der Waals surface area contributed by atoms with Gasteiger partial charge in [0.1, 0.15) is 0 Å². The second-order valence-corrected chi connectivity index (χ2v) is 10.5. The van der Waals surface area contributed by atoms with Gasteiger partial charge in [0.15, 0.2) is 0 Å². The van der Waals surface area contributed by atoms with Crippen molar-refractivity contribution >= 4 is 40.1 Å². The number of fused-ring (bicyclic) bond motifs is 3. The molecular formula is C36H32. The van der Waals surface area contributed by atoms with Crippen molar-refractivity contribution < 1.29 is 0 Å². The van der Waals surface area contributed by atoms with E-state index in [9.17, 15) is 0 Å². The minimum atomic E-state index is 1.11. The first-order chi connectivity index (χ1) is 17.9. The first-order valence-electron chi connectivity index (χ1n) is 13.7. The Morgan fingerprint density at radius 3 is 1.86 bits per heavy atom. The van der Waals surface area contributed by atoms with E-state index in [1.54, 1.807) is 0 Å². The lowest BCUT2D eigenvalue weighted by molar-refractivity contribution is 0.905. The molecule has 0 atom stereocenters. The van der Waals surface area contributed by atoms with Crippen LogP contribution in [0.25, 0.3) is 40.1 Å². The van der Waals surface area contributed by atoms with E-state index in [0.717, 1.165) is 38.5 Å². The van der Waals surface area contributed by atoms with Crippen molar-refractivity contribution in [1.29, 1.82) is 0 Å². The summed E-state index contributed by atoms with van der Waals surface area (Å²) in [5, 5.41) is 5.77. The molecule has 0 heteroatoms. The first-order valence-corrected chi connectivity index (χ1v) is 13.7. The SMILES string of the molecule is C1=CCCC(C2=CC=C(c3c4c(c(C5=Cc6ccccc6CC5)c5ccccc35)=CCCC=4)CC2)=C1. The predicted molar refractivity (Wildman–Crippen MR) is 156 cm³/mol. The Morgan fingerprint density at radius 2 is 1.14 bits per heavy atom. The number of allylic oxidation sites excluding steroid dienone is 9. The van der Waals surface area contributed by atoms with Gasteiger partial charge in [0, 0.05) is 0 Å². The number of hydrogen-bond donors (Lipinski definition) is 0. The van der Waals surface area contributed by atoms with Crippen LogP contribution in [0.3, 0.4) is 0 Å². The summed E-state index contributed by atoms with van der Waals surface area (Å²) in [6.07, 6.45) is 28.3. The van der Waals surface area contributed by atoms with Crippen molar-refractivity contribution in [2.45, 2.75) is 51.4 Å². The van der Waals surface area contributed by atoms with E-state index < -0.39 is 0 Å². The van der Waals surface area contributed by atoms with Gasteiger partial charge in [0.25, 0.3) is 0 Å². The molecule has 3 aromatic rings. The average molecular weight is 465 g/mol. The topological polar surface area (TPSA) is 0 Å². The quantitative estimate of drug-likeness (QED) is 0.368. The zero-order valence-corrected chi connectivity index (χ0v) is 20.9. The van der Waals surface area contributed by atoms with Crippen LogP contribution in [0.15, 0.2) is 90.1 Å². The van der Waals surface area contributed by atoms with Crippen molar-refractivity contribution in [1.82, 2.24) is 0 Å². The van der Waals surface area contributed by atoms with Gasteiger partial charge in [0.2, 0.25) is 0 Å². The Labute approximate surface area is 214 Å². The van der Waals surface area contributed by atoms with Gasteiger partial charge in [0.05, 0.1) is 0 Å². The number of hydrogen-bond acceptors (Lipinski definition) is 0. The van der Waals surface area contributed by atoms with Crippen molar-refractivity contribution in [2.24, 2.45) is 0 Å². The fraction of sp³-hybridized carbons (Fsp3) is 0.222. The summed E-state index contributed by atoms with van der Waals surface area (Å²) in [6.45, 7) is 0. The van der Waals surface area contributed by atoms with Crippen LogP contribution < -0.4 is 10.4 Å². The smallest absolute Gasteiger partial charge is 0.00698 e. The van der Waals surface area contributed by atoms with Gasteiger partial charge < -0.3 is 0 Å². The third-order valence-corrected chi connectivity index (χ3v) is 8.42. The third-order valence-electron chi connectivity index (χ3n) is 8.42. The molecule has 176 valence electrons. The highest BCUT2D eigenvalue weighted by molar-refractivity contribution is 6.04. The van der Waals surface area contributed by atoms with Gasteiger partial charge in [-0.2, -0.15) is 0 Å². The normalized spacial score (nSPS) is 18.7. The molecule has 0 heterocycles. The molecule has 0 amide bonds. The summed E-state index contributed by atoms with van der Waals surface area (Å²) < 4.78 is 0. The van der Waals surface area contributed by atoms with E-state index in [-0.39, 0.29) is 0 Å². The minimum absolute atomic E-state index is 1.11. The maximum atomic E-state index is 2.52. The van der Waals surface area contributed by atoms with Crippen LogP contribution in [0.4, 0.5) is 0 Å². The summed E-state index contributed by atoms with van der Waals surface area (Å²) in [5.74, 6) is 0. The summed E-state index contributed by atoms with van der Waals surface area (Å²) in [5.41, 5.74) is 11.9. The van der Waals surface area contributed by atoms with Crippen molar-refractivity contribution in [3.63, 3.8) is 0 Å². The molecule has 0 aromatic heterocycles. The molecule has 0 bridgehead atoms. The fourth-order valence-corrected chi connectivity index (χ4v) is 6.66. The van der Waals surface area contributed by atoms with Crippen LogP contribution in [-0.4, -0.2) is 0 Å². The van der Waals surface area contributed by atoms with E-state index in [4.69, 9.17) is 0 Å². The molecule has 0 saturated carbocycles. The molecule has 7 rings (SSSR count). The predicted octanol–water partition coefficient (Wildman–Crippen LogP) is 8.06. The lowest BCUT2D eigenvalue weighted by Gasteiger charge is -2.24. The van der Waals surface area contributed by atoms with Crippen molar-refractivity contribution in [3.05, 3.63) is 123 Å². The highest BCUT2D eigenvalue weighted by Gasteiger charge is 2.21. The van der Waals surface area contributed by atoms with Gasteiger partial charge in [-0.15, -0.1) is 0 Å². The second kappa shape index (κ2) is 9.10. The van der Waals surface area contributed by atoms with Gasteiger partial charge >= 0.3 is 0 Å². The summed E-state index contributed by atoms with van der Waals surface area (Å²) in [7, 11) is 0. The van der Waals surface area contributed by atoms with Gasteiger partial charge in [-0.05, 0) is 117 Å². The highest BCUT2D eigenvalue weighted by Crippen LogP contribution is 2.37. The fourth-order valence-electron chi connectivity index (χ4n) is 6.66. The van der Waals surface area contributed by atoms with Gasteiger partial charge in [-0.3, -0.25) is 0 Å². The maximum absolute atomic E-state index is 2.52. The summed E-state index contributed by atoms with van der Waals surface area (Å²) >= 11 is 0. The van der Waals surface area contributed by atoms with Crippen LogP contribution in [0.2, 0.25) is 0 Å². The first kappa shape index (κ1) is 21.6. The van der Waals surface area contributed by atoms with Crippen molar-refractivity contribution in [3.8, 4) is 0 Å². The van der Waals surface area contributed by atoms with Crippen LogP contribution in [0.5, 0.6) is 0 Å². The largest absolute Gasteiger partial charge is 0.0842 e. The van der Waals surface area contributed by atoms with E-state index in [1.165, 1.54) is 78.6 Å². The summed E-state index contributed by atoms with van der Waals surface area (Å²) in [4.78, 5) is 0. The molecule has 0 saturated heterocycles. The molecule has 0 nitrogen and oxygen atoms in total. The molecule has 4 aliphatic carbocycles. The molecule has 0 fully saturated rings. The van der Waals surface area contributed by atoms with E-state index >= 15 is 0 Å². The zero-order valence-electron chi connectivity index (χ0n) is 20.9. The Balaban J connectivity index is 1.45. The number of aryl methyl sites for hydroxylation is 1. The van der Waals surface area contributed by atoms with Crippen LogP contribution >= 0.6 is 0 Å². The van der Waals surface area contributed by atoms with Crippen LogP contribution in [-0.2, 0) is 6.42 Å². The molecule has 0 radical (unpaired) electrons. The van der Waals surface area contributed by atoms with E-state index in [0.29, 0.717) is 0 Å². The highest BCUT2D eigenvalue weighted by atomic mass is 14.2. The third kappa shape index (κ3) is 3.68. The standard InChI is InChI=1S/C36H32/c1-2-10-25(11-3-1)27-18-21-28(22-19-27)35-31-14-6-8-16-33(31)36(34-17-9-7-15-32(34)35)30-23-20-26-12-4-5-13-29(26)24-30/h1-2,4-6,8,10,12-18,21,24H,3,7,9,11,19-20,22-23H2. The Morgan fingerprint density at radius 1 is 0.500 bits per heavy atom. The molecule has 0 aliphatic heterocycles. The van der Waals surface area contributed by atoms with E-state index in [2.05, 4.69) is 97.1 Å². The van der Waals surface area contributed by atoms with Crippen molar-refractivity contribution in [2.75, 3.05) is 0 Å². The Hall–Kier alpha value is -3.64. The minimum Gasteiger partial charge on any atom is -0.0842 e. The molecule has 3 aromatic carbocycles. The molecule has 36 heavy (non-hydrogen) atoms. The van der Waals surface area contributed by atoms with E-state index in [1.807, 2.05) is 0 Å². The molecule has 0 unspecified atom stereocenters. The maximum Gasteiger partial charge on any atom is -0.00698 e. The molecular weight excluding hydrogens is 432 g/mol. The van der Waals surface area contributed by atoms with Crippen LogP contribution in [0, 0.1) is 0 Å². The van der Waals surface area contributed by atoms with Gasteiger partial charge in [-0.1, -0.05) is 97.1 Å². The van der Waals surface area contributed by atoms with Crippen LogP contribution in [0.1, 0.15) is 67.2 Å². The Bertz CT molecular complexity index is 1660. The molecule has 0 N–H and O–H groups in total.